The van der Waals surface area contributed by atoms with E-state index in [0.29, 0.717) is 25.6 Å². The molecule has 0 radical (unpaired) electrons. The van der Waals surface area contributed by atoms with Gasteiger partial charge in [0.2, 0.25) is 0 Å². The molecule has 1 aliphatic heterocycles. The molecule has 0 spiro atoms. The van der Waals surface area contributed by atoms with Crippen LogP contribution in [0, 0.1) is 5.92 Å². The molecular formula is C17H29N3O2S. The van der Waals surface area contributed by atoms with Gasteiger partial charge in [-0.05, 0) is 30.9 Å². The molecule has 1 aromatic carbocycles. The maximum Gasteiger partial charge on any atom is 0.279 e. The predicted molar refractivity (Wildman–Crippen MR) is 94.5 cm³/mol. The highest BCUT2D eigenvalue weighted by molar-refractivity contribution is 7.87. The molecule has 2 rings (SSSR count). The van der Waals surface area contributed by atoms with Crippen molar-refractivity contribution >= 4 is 10.2 Å². The van der Waals surface area contributed by atoms with Crippen LogP contribution >= 0.6 is 0 Å². The van der Waals surface area contributed by atoms with E-state index >= 15 is 0 Å². The molecule has 1 fully saturated rings. The molecule has 130 valence electrons. The fourth-order valence-corrected chi connectivity index (χ4v) is 4.40. The minimum absolute atomic E-state index is 0.413. The Labute approximate surface area is 140 Å². The standard InChI is InChI=1S/C17H29N3O2S/c1-3-20(4-2)23(21,22)18-14-17-11-13-19(15-17)12-10-16-8-6-5-7-9-16/h5-9,17-18H,3-4,10-15H2,1-2H3. The summed E-state index contributed by atoms with van der Waals surface area (Å²) < 4.78 is 28.5. The Bertz CT molecular complexity index is 558. The van der Waals surface area contributed by atoms with E-state index in [1.54, 1.807) is 0 Å². The van der Waals surface area contributed by atoms with Gasteiger partial charge >= 0.3 is 0 Å². The summed E-state index contributed by atoms with van der Waals surface area (Å²) in [5.41, 5.74) is 1.36. The van der Waals surface area contributed by atoms with Crippen molar-refractivity contribution in [3.63, 3.8) is 0 Å². The lowest BCUT2D eigenvalue weighted by molar-refractivity contribution is 0.327. The zero-order valence-corrected chi connectivity index (χ0v) is 15.1. The lowest BCUT2D eigenvalue weighted by atomic mass is 10.1. The number of hydrogen-bond donors (Lipinski definition) is 1. The first-order valence-electron chi connectivity index (χ1n) is 8.56. The molecule has 0 aromatic heterocycles. The lowest BCUT2D eigenvalue weighted by Gasteiger charge is -2.20. The average molecular weight is 340 g/mol. The molecule has 1 saturated heterocycles. The van der Waals surface area contributed by atoms with Crippen LogP contribution in [-0.4, -0.2) is 56.9 Å². The number of nitrogens with one attached hydrogen (secondary N) is 1. The molecule has 6 heteroatoms. The summed E-state index contributed by atoms with van der Waals surface area (Å²) in [6.45, 7) is 8.38. The lowest BCUT2D eigenvalue weighted by Crippen LogP contribution is -2.42. The summed E-state index contributed by atoms with van der Waals surface area (Å²) in [6.07, 6.45) is 2.12. The molecule has 1 heterocycles. The molecule has 23 heavy (non-hydrogen) atoms. The van der Waals surface area contributed by atoms with Crippen molar-refractivity contribution in [1.82, 2.24) is 13.9 Å². The van der Waals surface area contributed by atoms with E-state index in [4.69, 9.17) is 0 Å². The summed E-state index contributed by atoms with van der Waals surface area (Å²) in [5, 5.41) is 0. The third kappa shape index (κ3) is 5.57. The van der Waals surface area contributed by atoms with E-state index in [2.05, 4.69) is 33.9 Å². The maximum atomic E-state index is 12.1. The zero-order chi connectivity index (χ0) is 16.7. The molecular weight excluding hydrogens is 310 g/mol. The first-order chi connectivity index (χ1) is 11.0. The first-order valence-corrected chi connectivity index (χ1v) is 10.00. The average Bonchev–Trinajstić information content (AvgIpc) is 3.01. The van der Waals surface area contributed by atoms with Crippen molar-refractivity contribution in [2.45, 2.75) is 26.7 Å². The number of rotatable bonds is 9. The maximum absolute atomic E-state index is 12.1. The second-order valence-corrected chi connectivity index (χ2v) is 7.88. The van der Waals surface area contributed by atoms with Crippen LogP contribution < -0.4 is 4.72 Å². The highest BCUT2D eigenvalue weighted by atomic mass is 32.2. The van der Waals surface area contributed by atoms with Crippen LogP contribution in [0.4, 0.5) is 0 Å². The van der Waals surface area contributed by atoms with E-state index in [1.807, 2.05) is 19.9 Å². The Hall–Kier alpha value is -0.950. The number of likely N-dealkylation sites (tertiary alicyclic amines) is 1. The molecule has 5 nitrogen and oxygen atoms in total. The van der Waals surface area contributed by atoms with Crippen molar-refractivity contribution in [2.24, 2.45) is 5.92 Å². The summed E-state index contributed by atoms with van der Waals surface area (Å²) in [4.78, 5) is 2.43. The SMILES string of the molecule is CCN(CC)S(=O)(=O)NCC1CCN(CCc2ccccc2)C1. The van der Waals surface area contributed by atoms with Crippen LogP contribution in [0.25, 0.3) is 0 Å². The van der Waals surface area contributed by atoms with Crippen LogP contribution in [0.2, 0.25) is 0 Å². The van der Waals surface area contributed by atoms with E-state index in [-0.39, 0.29) is 0 Å². The monoisotopic (exact) mass is 339 g/mol. The van der Waals surface area contributed by atoms with Gasteiger partial charge in [0, 0.05) is 32.7 Å². The van der Waals surface area contributed by atoms with Gasteiger partial charge in [0.1, 0.15) is 0 Å². The van der Waals surface area contributed by atoms with Gasteiger partial charge in [-0.15, -0.1) is 0 Å². The molecule has 1 aliphatic rings. The topological polar surface area (TPSA) is 52.7 Å². The molecule has 1 unspecified atom stereocenters. The summed E-state index contributed by atoms with van der Waals surface area (Å²) in [6, 6.07) is 10.5. The second-order valence-electron chi connectivity index (χ2n) is 6.13. The second kappa shape index (κ2) is 8.78. The quantitative estimate of drug-likeness (QED) is 0.745. The largest absolute Gasteiger partial charge is 0.303 e. The zero-order valence-electron chi connectivity index (χ0n) is 14.2. The van der Waals surface area contributed by atoms with Crippen molar-refractivity contribution < 1.29 is 8.42 Å². The van der Waals surface area contributed by atoms with Gasteiger partial charge < -0.3 is 4.90 Å². The van der Waals surface area contributed by atoms with E-state index in [0.717, 1.165) is 32.5 Å². The molecule has 0 amide bonds. The Kier molecular flexibility index (Phi) is 7.02. The predicted octanol–water partition coefficient (Wildman–Crippen LogP) is 1.73. The minimum Gasteiger partial charge on any atom is -0.303 e. The molecule has 1 aromatic rings. The molecule has 1 N–H and O–H groups in total. The van der Waals surface area contributed by atoms with Gasteiger partial charge in [-0.1, -0.05) is 44.2 Å². The summed E-state index contributed by atoms with van der Waals surface area (Å²) >= 11 is 0. The number of nitrogens with zero attached hydrogens (tertiary/aromatic N) is 2. The van der Waals surface area contributed by atoms with Crippen LogP contribution in [-0.2, 0) is 16.6 Å². The Morgan fingerprint density at radius 2 is 1.91 bits per heavy atom. The summed E-state index contributed by atoms with van der Waals surface area (Å²) in [5.74, 6) is 0.413. The fourth-order valence-electron chi connectivity index (χ4n) is 3.09. The minimum atomic E-state index is -3.32. The van der Waals surface area contributed by atoms with Gasteiger partial charge in [-0.3, -0.25) is 0 Å². The molecule has 1 atom stereocenters. The van der Waals surface area contributed by atoms with Gasteiger partial charge in [-0.2, -0.15) is 12.7 Å². The Morgan fingerprint density at radius 3 is 2.57 bits per heavy atom. The third-order valence-corrected chi connectivity index (χ3v) is 6.26. The highest BCUT2D eigenvalue weighted by Crippen LogP contribution is 2.16. The van der Waals surface area contributed by atoms with Crippen molar-refractivity contribution in [3.05, 3.63) is 35.9 Å². The van der Waals surface area contributed by atoms with Crippen LogP contribution in [0.1, 0.15) is 25.8 Å². The van der Waals surface area contributed by atoms with Gasteiger partial charge in [0.25, 0.3) is 10.2 Å². The van der Waals surface area contributed by atoms with Crippen LogP contribution in [0.3, 0.4) is 0 Å². The Morgan fingerprint density at radius 1 is 1.22 bits per heavy atom. The number of benzene rings is 1. The normalized spacial score (nSPS) is 19.5. The van der Waals surface area contributed by atoms with E-state index in [9.17, 15) is 8.42 Å². The number of hydrogen-bond acceptors (Lipinski definition) is 3. The molecule has 0 bridgehead atoms. The molecule has 0 aliphatic carbocycles. The first kappa shape index (κ1) is 18.4. The third-order valence-electron chi connectivity index (χ3n) is 4.53. The van der Waals surface area contributed by atoms with Gasteiger partial charge in [-0.25, -0.2) is 4.72 Å². The van der Waals surface area contributed by atoms with Crippen molar-refractivity contribution in [2.75, 3.05) is 39.3 Å². The van der Waals surface area contributed by atoms with Crippen molar-refractivity contribution in [3.8, 4) is 0 Å². The van der Waals surface area contributed by atoms with E-state index < -0.39 is 10.2 Å². The smallest absolute Gasteiger partial charge is 0.279 e. The molecule has 0 saturated carbocycles. The summed E-state index contributed by atoms with van der Waals surface area (Å²) in [7, 11) is -3.32. The van der Waals surface area contributed by atoms with Gasteiger partial charge in [0.15, 0.2) is 0 Å². The van der Waals surface area contributed by atoms with Crippen LogP contribution in [0.15, 0.2) is 30.3 Å². The van der Waals surface area contributed by atoms with E-state index in [1.165, 1.54) is 9.87 Å². The Balaban J connectivity index is 1.73. The fraction of sp³-hybridized carbons (Fsp3) is 0.647. The highest BCUT2D eigenvalue weighted by Gasteiger charge is 2.25. The van der Waals surface area contributed by atoms with Crippen LogP contribution in [0.5, 0.6) is 0 Å². The van der Waals surface area contributed by atoms with Gasteiger partial charge in [0.05, 0.1) is 0 Å². The van der Waals surface area contributed by atoms with Crippen molar-refractivity contribution in [1.29, 1.82) is 0 Å².